The number of rotatable bonds is 1. The molecule has 0 saturated heterocycles. The first-order valence-corrected chi connectivity index (χ1v) is 7.42. The Labute approximate surface area is 133 Å². The van der Waals surface area contributed by atoms with Crippen LogP contribution in [0.3, 0.4) is 0 Å². The van der Waals surface area contributed by atoms with Crippen LogP contribution in [0.25, 0.3) is 0 Å². The van der Waals surface area contributed by atoms with Crippen LogP contribution in [0.4, 0.5) is 17.3 Å². The SMILES string of the molecule is Cc1cc2c(o1)N(c1ccccc1C)c1ccccc1C(=O)O2. The van der Waals surface area contributed by atoms with Gasteiger partial charge < -0.3 is 9.15 Å². The van der Waals surface area contributed by atoms with Crippen molar-refractivity contribution in [2.75, 3.05) is 4.90 Å². The van der Waals surface area contributed by atoms with Crippen LogP contribution in [0, 0.1) is 13.8 Å². The minimum atomic E-state index is -0.376. The van der Waals surface area contributed by atoms with Gasteiger partial charge in [-0.05, 0) is 37.6 Å². The van der Waals surface area contributed by atoms with Crippen LogP contribution in [0.2, 0.25) is 0 Å². The summed E-state index contributed by atoms with van der Waals surface area (Å²) in [7, 11) is 0. The third kappa shape index (κ3) is 2.11. The van der Waals surface area contributed by atoms with Crippen molar-refractivity contribution in [3.05, 3.63) is 71.5 Å². The molecular weight excluding hydrogens is 290 g/mol. The minimum absolute atomic E-state index is 0.376. The van der Waals surface area contributed by atoms with Crippen LogP contribution in [-0.4, -0.2) is 5.97 Å². The molecular formula is C19H15NO3. The predicted molar refractivity (Wildman–Crippen MR) is 87.8 cm³/mol. The number of hydrogen-bond donors (Lipinski definition) is 0. The van der Waals surface area contributed by atoms with Gasteiger partial charge in [0.05, 0.1) is 16.9 Å². The van der Waals surface area contributed by atoms with Crippen molar-refractivity contribution in [1.29, 1.82) is 0 Å². The molecule has 0 atom stereocenters. The number of ether oxygens (including phenoxy) is 1. The smallest absolute Gasteiger partial charge is 0.345 e. The van der Waals surface area contributed by atoms with Gasteiger partial charge in [0, 0.05) is 6.07 Å². The molecule has 0 unspecified atom stereocenters. The fourth-order valence-corrected chi connectivity index (χ4v) is 2.87. The monoisotopic (exact) mass is 305 g/mol. The van der Waals surface area contributed by atoms with E-state index in [1.165, 1.54) is 0 Å². The molecule has 3 aromatic rings. The van der Waals surface area contributed by atoms with E-state index >= 15 is 0 Å². The normalized spacial score (nSPS) is 13.1. The Balaban J connectivity index is 2.05. The van der Waals surface area contributed by atoms with E-state index in [2.05, 4.69) is 0 Å². The lowest BCUT2D eigenvalue weighted by Crippen LogP contribution is -2.12. The maximum atomic E-state index is 12.4. The number of fused-ring (bicyclic) bond motifs is 2. The Morgan fingerprint density at radius 2 is 1.61 bits per heavy atom. The van der Waals surface area contributed by atoms with Crippen molar-refractivity contribution in [3.8, 4) is 5.75 Å². The molecule has 4 rings (SSSR count). The maximum absolute atomic E-state index is 12.4. The van der Waals surface area contributed by atoms with Crippen molar-refractivity contribution in [2.45, 2.75) is 13.8 Å². The summed E-state index contributed by atoms with van der Waals surface area (Å²) in [5.41, 5.74) is 3.30. The van der Waals surface area contributed by atoms with Crippen molar-refractivity contribution >= 4 is 23.2 Å². The van der Waals surface area contributed by atoms with Gasteiger partial charge in [-0.25, -0.2) is 4.79 Å². The molecule has 23 heavy (non-hydrogen) atoms. The molecule has 0 fully saturated rings. The van der Waals surface area contributed by atoms with Crippen LogP contribution in [0.5, 0.6) is 5.75 Å². The second kappa shape index (κ2) is 5.02. The van der Waals surface area contributed by atoms with Gasteiger partial charge in [-0.3, -0.25) is 4.90 Å². The highest BCUT2D eigenvalue weighted by Crippen LogP contribution is 2.46. The van der Waals surface area contributed by atoms with Gasteiger partial charge in [0.25, 0.3) is 0 Å². The highest BCUT2D eigenvalue weighted by atomic mass is 16.5. The number of hydrogen-bond acceptors (Lipinski definition) is 4. The number of anilines is 3. The highest BCUT2D eigenvalue weighted by Gasteiger charge is 2.31. The topological polar surface area (TPSA) is 42.7 Å². The number of carbonyl (C=O) groups excluding carboxylic acids is 1. The summed E-state index contributed by atoms with van der Waals surface area (Å²) in [5, 5.41) is 0. The summed E-state index contributed by atoms with van der Waals surface area (Å²) in [5.74, 6) is 1.28. The predicted octanol–water partition coefficient (Wildman–Crippen LogP) is 4.90. The number of para-hydroxylation sites is 2. The van der Waals surface area contributed by atoms with Crippen LogP contribution in [0.15, 0.2) is 59.0 Å². The summed E-state index contributed by atoms with van der Waals surface area (Å²) >= 11 is 0. The Bertz CT molecular complexity index is 910. The van der Waals surface area contributed by atoms with Gasteiger partial charge >= 0.3 is 5.97 Å². The summed E-state index contributed by atoms with van der Waals surface area (Å²) in [6.07, 6.45) is 0. The average Bonchev–Trinajstić information content (AvgIpc) is 2.85. The quantitative estimate of drug-likeness (QED) is 0.600. The summed E-state index contributed by atoms with van der Waals surface area (Å²) in [6.45, 7) is 3.87. The van der Waals surface area contributed by atoms with Gasteiger partial charge in [-0.15, -0.1) is 0 Å². The lowest BCUT2D eigenvalue weighted by molar-refractivity contribution is 0.0738. The van der Waals surface area contributed by atoms with Crippen LogP contribution in [-0.2, 0) is 0 Å². The van der Waals surface area contributed by atoms with Crippen molar-refractivity contribution in [2.24, 2.45) is 0 Å². The molecule has 0 spiro atoms. The zero-order valence-corrected chi connectivity index (χ0v) is 12.9. The van der Waals surface area contributed by atoms with E-state index in [-0.39, 0.29) is 5.97 Å². The van der Waals surface area contributed by atoms with E-state index < -0.39 is 0 Å². The summed E-state index contributed by atoms with van der Waals surface area (Å²) < 4.78 is 11.4. The van der Waals surface area contributed by atoms with Crippen LogP contribution in [0.1, 0.15) is 21.7 Å². The Hall–Kier alpha value is -3.01. The van der Waals surface area contributed by atoms with Gasteiger partial charge in [0.2, 0.25) is 5.88 Å². The largest absolute Gasteiger partial charge is 0.442 e. The fraction of sp³-hybridized carbons (Fsp3) is 0.105. The molecule has 4 nitrogen and oxygen atoms in total. The van der Waals surface area contributed by atoms with Gasteiger partial charge in [-0.2, -0.15) is 0 Å². The molecule has 0 saturated carbocycles. The molecule has 1 aliphatic rings. The van der Waals surface area contributed by atoms with Gasteiger partial charge in [0.15, 0.2) is 5.75 Å². The van der Waals surface area contributed by atoms with E-state index in [1.807, 2.05) is 61.2 Å². The van der Waals surface area contributed by atoms with E-state index in [1.54, 1.807) is 12.1 Å². The second-order valence-corrected chi connectivity index (χ2v) is 5.56. The van der Waals surface area contributed by atoms with Gasteiger partial charge in [-0.1, -0.05) is 30.3 Å². The Kier molecular flexibility index (Phi) is 2.98. The first kappa shape index (κ1) is 13.6. The third-order valence-corrected chi connectivity index (χ3v) is 3.93. The van der Waals surface area contributed by atoms with Crippen LogP contribution < -0.4 is 9.64 Å². The molecule has 0 radical (unpaired) electrons. The number of aryl methyl sites for hydroxylation is 2. The second-order valence-electron chi connectivity index (χ2n) is 5.56. The Morgan fingerprint density at radius 1 is 0.913 bits per heavy atom. The number of benzene rings is 2. The summed E-state index contributed by atoms with van der Waals surface area (Å²) in [6, 6.07) is 17.1. The zero-order valence-electron chi connectivity index (χ0n) is 12.9. The van der Waals surface area contributed by atoms with Crippen molar-refractivity contribution in [1.82, 2.24) is 0 Å². The van der Waals surface area contributed by atoms with Gasteiger partial charge in [0.1, 0.15) is 5.76 Å². The molecule has 4 heteroatoms. The lowest BCUT2D eigenvalue weighted by atomic mass is 10.1. The fourth-order valence-electron chi connectivity index (χ4n) is 2.87. The molecule has 2 aromatic carbocycles. The Morgan fingerprint density at radius 3 is 2.39 bits per heavy atom. The standard InChI is InChI=1S/C19H15NO3/c1-12-7-3-5-9-15(12)20-16-10-6-4-8-14(16)19(21)23-17-11-13(2)22-18(17)20/h3-11H,1-2H3. The highest BCUT2D eigenvalue weighted by molar-refractivity contribution is 6.02. The average molecular weight is 305 g/mol. The number of nitrogens with zero attached hydrogens (tertiary/aromatic N) is 1. The molecule has 114 valence electrons. The minimum Gasteiger partial charge on any atom is -0.442 e. The van der Waals surface area contributed by atoms with E-state index in [9.17, 15) is 4.79 Å². The molecule has 0 amide bonds. The molecule has 0 N–H and O–H groups in total. The zero-order chi connectivity index (χ0) is 16.0. The van der Waals surface area contributed by atoms with E-state index in [0.29, 0.717) is 23.0 Å². The van der Waals surface area contributed by atoms with Crippen molar-refractivity contribution < 1.29 is 13.9 Å². The number of furan rings is 1. The number of carbonyl (C=O) groups is 1. The molecule has 1 aliphatic heterocycles. The number of esters is 1. The third-order valence-electron chi connectivity index (χ3n) is 3.93. The van der Waals surface area contributed by atoms with Crippen molar-refractivity contribution in [3.63, 3.8) is 0 Å². The molecule has 0 bridgehead atoms. The molecule has 2 heterocycles. The first-order valence-electron chi connectivity index (χ1n) is 7.42. The maximum Gasteiger partial charge on any atom is 0.345 e. The molecule has 0 aliphatic carbocycles. The van der Waals surface area contributed by atoms with E-state index in [0.717, 1.165) is 16.9 Å². The van der Waals surface area contributed by atoms with Crippen LogP contribution >= 0.6 is 0 Å². The summed E-state index contributed by atoms with van der Waals surface area (Å²) in [4.78, 5) is 14.4. The lowest BCUT2D eigenvalue weighted by Gasteiger charge is -2.24. The van der Waals surface area contributed by atoms with E-state index in [4.69, 9.17) is 9.15 Å². The molecule has 1 aromatic heterocycles. The first-order chi connectivity index (χ1) is 11.1.